The summed E-state index contributed by atoms with van der Waals surface area (Å²) < 4.78 is 0. The van der Waals surface area contributed by atoms with Crippen molar-refractivity contribution in [1.82, 2.24) is 5.32 Å². The molecule has 2 heteroatoms. The van der Waals surface area contributed by atoms with Gasteiger partial charge in [-0.2, -0.15) is 0 Å². The third kappa shape index (κ3) is 1.96. The van der Waals surface area contributed by atoms with Crippen molar-refractivity contribution in [2.24, 2.45) is 29.6 Å². The Morgan fingerprint density at radius 2 is 1.50 bits per heavy atom. The lowest BCUT2D eigenvalue weighted by Gasteiger charge is -2.56. The fraction of sp³-hybridized carbons (Fsp3) is 0.667. The van der Waals surface area contributed by atoms with Crippen molar-refractivity contribution in [3.8, 4) is 5.75 Å². The Balaban J connectivity index is 1.63. The normalized spacial score (nSPS) is 40.0. The van der Waals surface area contributed by atoms with Crippen LogP contribution in [-0.4, -0.2) is 12.2 Å². The maximum Gasteiger partial charge on any atom is 0.115 e. The van der Waals surface area contributed by atoms with Crippen LogP contribution in [0.5, 0.6) is 5.75 Å². The van der Waals surface area contributed by atoms with Gasteiger partial charge in [0.25, 0.3) is 0 Å². The van der Waals surface area contributed by atoms with Crippen molar-refractivity contribution in [3.63, 3.8) is 0 Å². The summed E-state index contributed by atoms with van der Waals surface area (Å²) in [6, 6.07) is 8.32. The fourth-order valence-electron chi connectivity index (χ4n) is 5.77. The zero-order valence-corrected chi connectivity index (χ0v) is 12.3. The molecule has 1 unspecified atom stereocenters. The molecule has 0 amide bonds. The van der Waals surface area contributed by atoms with Crippen LogP contribution in [0.1, 0.15) is 43.7 Å². The number of phenolic OH excluding ortho intramolecular Hbond substituents is 1. The molecule has 0 heterocycles. The first-order chi connectivity index (χ1) is 9.74. The molecule has 0 saturated heterocycles. The Morgan fingerprint density at radius 3 is 2.00 bits per heavy atom. The molecule has 4 fully saturated rings. The summed E-state index contributed by atoms with van der Waals surface area (Å²) in [4.78, 5) is 0. The zero-order chi connectivity index (χ0) is 13.7. The van der Waals surface area contributed by atoms with Gasteiger partial charge in [-0.1, -0.05) is 12.1 Å². The molecule has 2 nitrogen and oxygen atoms in total. The molecular formula is C18H25NO. The first-order valence-corrected chi connectivity index (χ1v) is 8.20. The largest absolute Gasteiger partial charge is 0.508 e. The van der Waals surface area contributed by atoms with Crippen LogP contribution in [0.4, 0.5) is 0 Å². The average Bonchev–Trinajstić information content (AvgIpc) is 2.43. The van der Waals surface area contributed by atoms with Gasteiger partial charge in [-0.3, -0.25) is 0 Å². The summed E-state index contributed by atoms with van der Waals surface area (Å²) in [7, 11) is 2.10. The van der Waals surface area contributed by atoms with Crippen LogP contribution in [0, 0.1) is 29.6 Å². The summed E-state index contributed by atoms with van der Waals surface area (Å²) in [5.74, 6) is 5.10. The molecule has 0 spiro atoms. The van der Waals surface area contributed by atoms with E-state index in [0.717, 1.165) is 29.6 Å². The standard InChI is InChI=1S/C18H25NO/c1-19-18(13-2-4-16(20)5-3-13)17-14-7-11-6-12(9-14)10-15(17)8-11/h2-5,11-12,14-15,17-20H,6-10H2,1H3. The van der Waals surface area contributed by atoms with E-state index >= 15 is 0 Å². The van der Waals surface area contributed by atoms with Crippen LogP contribution in [0.25, 0.3) is 0 Å². The van der Waals surface area contributed by atoms with E-state index in [2.05, 4.69) is 24.5 Å². The van der Waals surface area contributed by atoms with Gasteiger partial charge in [0.1, 0.15) is 5.75 Å². The third-order valence-corrected chi connectivity index (χ3v) is 6.25. The third-order valence-electron chi connectivity index (χ3n) is 6.25. The Bertz CT molecular complexity index is 453. The van der Waals surface area contributed by atoms with Gasteiger partial charge in [0.05, 0.1) is 0 Å². The van der Waals surface area contributed by atoms with E-state index in [0.29, 0.717) is 11.8 Å². The van der Waals surface area contributed by atoms with E-state index in [1.54, 1.807) is 0 Å². The summed E-state index contributed by atoms with van der Waals surface area (Å²) in [6.45, 7) is 0. The Hall–Kier alpha value is -1.02. The summed E-state index contributed by atoms with van der Waals surface area (Å²) in [5, 5.41) is 13.1. The summed E-state index contributed by atoms with van der Waals surface area (Å²) in [6.07, 6.45) is 7.38. The van der Waals surface area contributed by atoms with Crippen molar-refractivity contribution in [2.45, 2.75) is 38.1 Å². The minimum atomic E-state index is 0.369. The van der Waals surface area contributed by atoms with Gasteiger partial charge in [0.15, 0.2) is 0 Å². The lowest BCUT2D eigenvalue weighted by Crippen LogP contribution is -2.49. The Kier molecular flexibility index (Phi) is 3.03. The molecule has 4 aliphatic carbocycles. The molecule has 4 bridgehead atoms. The van der Waals surface area contributed by atoms with Gasteiger partial charge in [0, 0.05) is 6.04 Å². The van der Waals surface area contributed by atoms with Gasteiger partial charge in [-0.25, -0.2) is 0 Å². The molecule has 5 rings (SSSR count). The van der Waals surface area contributed by atoms with E-state index in [-0.39, 0.29) is 0 Å². The first kappa shape index (κ1) is 12.7. The second-order valence-electron chi connectivity index (χ2n) is 7.37. The zero-order valence-electron chi connectivity index (χ0n) is 12.3. The highest BCUT2D eigenvalue weighted by molar-refractivity contribution is 5.29. The van der Waals surface area contributed by atoms with Crippen LogP contribution in [-0.2, 0) is 0 Å². The van der Waals surface area contributed by atoms with Crippen LogP contribution >= 0.6 is 0 Å². The molecule has 0 aliphatic heterocycles. The first-order valence-electron chi connectivity index (χ1n) is 8.20. The fourth-order valence-corrected chi connectivity index (χ4v) is 5.77. The molecule has 108 valence electrons. The minimum absolute atomic E-state index is 0.369. The number of aromatic hydroxyl groups is 1. The maximum atomic E-state index is 9.50. The number of nitrogens with one attached hydrogen (secondary N) is 1. The number of hydrogen-bond acceptors (Lipinski definition) is 2. The molecule has 1 atom stereocenters. The minimum Gasteiger partial charge on any atom is -0.508 e. The molecule has 4 aliphatic rings. The lowest BCUT2D eigenvalue weighted by molar-refractivity contribution is -0.0515. The van der Waals surface area contributed by atoms with Crippen LogP contribution in [0.3, 0.4) is 0 Å². The highest BCUT2D eigenvalue weighted by Crippen LogP contribution is 2.59. The quantitative estimate of drug-likeness (QED) is 0.878. The van der Waals surface area contributed by atoms with Crippen molar-refractivity contribution >= 4 is 0 Å². The number of hydrogen-bond donors (Lipinski definition) is 2. The molecule has 1 aromatic carbocycles. The van der Waals surface area contributed by atoms with Gasteiger partial charge in [-0.05, 0) is 86.4 Å². The second-order valence-corrected chi connectivity index (χ2v) is 7.37. The number of phenols is 1. The van der Waals surface area contributed by atoms with Crippen LogP contribution in [0.2, 0.25) is 0 Å². The van der Waals surface area contributed by atoms with E-state index < -0.39 is 0 Å². The summed E-state index contributed by atoms with van der Waals surface area (Å²) in [5.41, 5.74) is 1.35. The topological polar surface area (TPSA) is 32.3 Å². The van der Waals surface area contributed by atoms with Crippen molar-refractivity contribution < 1.29 is 5.11 Å². The van der Waals surface area contributed by atoms with Crippen molar-refractivity contribution in [2.75, 3.05) is 7.05 Å². The predicted molar refractivity (Wildman–Crippen MR) is 80.4 cm³/mol. The van der Waals surface area contributed by atoms with Crippen LogP contribution < -0.4 is 5.32 Å². The Labute approximate surface area is 121 Å². The average molecular weight is 271 g/mol. The maximum absolute atomic E-state index is 9.50. The highest BCUT2D eigenvalue weighted by Gasteiger charge is 2.50. The number of benzene rings is 1. The predicted octanol–water partition coefficient (Wildman–Crippen LogP) is 3.73. The molecule has 0 aromatic heterocycles. The number of rotatable bonds is 3. The summed E-state index contributed by atoms with van der Waals surface area (Å²) >= 11 is 0. The highest BCUT2D eigenvalue weighted by atomic mass is 16.3. The van der Waals surface area contributed by atoms with Gasteiger partial charge < -0.3 is 10.4 Å². The van der Waals surface area contributed by atoms with Gasteiger partial charge in [0.2, 0.25) is 0 Å². The molecule has 4 saturated carbocycles. The van der Waals surface area contributed by atoms with E-state index in [1.165, 1.54) is 37.7 Å². The van der Waals surface area contributed by atoms with Gasteiger partial charge in [-0.15, -0.1) is 0 Å². The molecule has 2 N–H and O–H groups in total. The van der Waals surface area contributed by atoms with E-state index in [9.17, 15) is 5.11 Å². The smallest absolute Gasteiger partial charge is 0.115 e. The molecule has 0 radical (unpaired) electrons. The SMILES string of the molecule is CNC(c1ccc(O)cc1)C1C2CC3CC(C2)CC1C3. The van der Waals surface area contributed by atoms with E-state index in [4.69, 9.17) is 0 Å². The van der Waals surface area contributed by atoms with Crippen molar-refractivity contribution in [1.29, 1.82) is 0 Å². The molecule has 1 aromatic rings. The Morgan fingerprint density at radius 1 is 0.950 bits per heavy atom. The monoisotopic (exact) mass is 271 g/mol. The second kappa shape index (κ2) is 4.77. The van der Waals surface area contributed by atoms with Gasteiger partial charge >= 0.3 is 0 Å². The molecule has 20 heavy (non-hydrogen) atoms. The van der Waals surface area contributed by atoms with Crippen molar-refractivity contribution in [3.05, 3.63) is 29.8 Å². The molecular weight excluding hydrogens is 246 g/mol. The lowest BCUT2D eigenvalue weighted by atomic mass is 9.50. The van der Waals surface area contributed by atoms with E-state index in [1.807, 2.05) is 12.1 Å². The van der Waals surface area contributed by atoms with Crippen LogP contribution in [0.15, 0.2) is 24.3 Å².